The molecule has 4 nitrogen and oxygen atoms in total. The first-order valence-corrected chi connectivity index (χ1v) is 7.30. The van der Waals surface area contributed by atoms with Crippen molar-refractivity contribution in [1.82, 2.24) is 10.6 Å². The number of nitrogens with one attached hydrogen (secondary N) is 2. The standard InChI is InChI=1S/C17H17ClN2O2/c1-19-16(21)11-15(12-7-3-2-4-8-12)20-17(22)13-9-5-6-10-14(13)18/h2-10,15H,11H2,1H3,(H,19,21)(H,20,22)/t15-/m0/s1. The molecule has 2 rings (SSSR count). The molecule has 5 heteroatoms. The third-order valence-electron chi connectivity index (χ3n) is 3.29. The van der Waals surface area contributed by atoms with E-state index in [4.69, 9.17) is 11.6 Å². The first-order chi connectivity index (χ1) is 10.6. The number of amides is 2. The molecule has 2 aromatic carbocycles. The Hall–Kier alpha value is -2.33. The lowest BCUT2D eigenvalue weighted by Crippen LogP contribution is -2.32. The Labute approximate surface area is 134 Å². The van der Waals surface area contributed by atoms with Gasteiger partial charge >= 0.3 is 0 Å². The van der Waals surface area contributed by atoms with E-state index in [1.807, 2.05) is 30.3 Å². The molecule has 0 saturated heterocycles. The minimum absolute atomic E-state index is 0.145. The van der Waals surface area contributed by atoms with Crippen LogP contribution >= 0.6 is 11.6 Å². The van der Waals surface area contributed by atoms with Crippen LogP contribution in [0.2, 0.25) is 5.02 Å². The van der Waals surface area contributed by atoms with Crippen molar-refractivity contribution < 1.29 is 9.59 Å². The van der Waals surface area contributed by atoms with E-state index in [9.17, 15) is 9.59 Å². The summed E-state index contributed by atoms with van der Waals surface area (Å²) in [7, 11) is 1.57. The molecule has 2 amide bonds. The van der Waals surface area contributed by atoms with Crippen LogP contribution in [0.5, 0.6) is 0 Å². The summed E-state index contributed by atoms with van der Waals surface area (Å²) in [6, 6.07) is 15.8. The molecule has 0 aromatic heterocycles. The summed E-state index contributed by atoms with van der Waals surface area (Å²) in [6.07, 6.45) is 0.163. The van der Waals surface area contributed by atoms with E-state index in [0.29, 0.717) is 10.6 Å². The maximum atomic E-state index is 12.4. The van der Waals surface area contributed by atoms with Crippen LogP contribution < -0.4 is 10.6 Å². The SMILES string of the molecule is CNC(=O)C[C@H](NC(=O)c1ccccc1Cl)c1ccccc1. The molecule has 1 atom stereocenters. The second-order valence-corrected chi connectivity index (χ2v) is 5.20. The fraction of sp³-hybridized carbons (Fsp3) is 0.176. The summed E-state index contributed by atoms with van der Waals surface area (Å²) in [5.41, 5.74) is 1.26. The zero-order chi connectivity index (χ0) is 15.9. The highest BCUT2D eigenvalue weighted by molar-refractivity contribution is 6.33. The van der Waals surface area contributed by atoms with Crippen molar-refractivity contribution >= 4 is 23.4 Å². The molecule has 2 aromatic rings. The van der Waals surface area contributed by atoms with Gasteiger partial charge in [0.05, 0.1) is 23.0 Å². The van der Waals surface area contributed by atoms with Crippen LogP contribution in [0.3, 0.4) is 0 Å². The molecule has 0 aliphatic rings. The third kappa shape index (κ3) is 4.09. The highest BCUT2D eigenvalue weighted by Gasteiger charge is 2.19. The number of hydrogen-bond acceptors (Lipinski definition) is 2. The lowest BCUT2D eigenvalue weighted by Gasteiger charge is -2.19. The average Bonchev–Trinajstić information content (AvgIpc) is 2.55. The van der Waals surface area contributed by atoms with Gasteiger partial charge in [0.15, 0.2) is 0 Å². The highest BCUT2D eigenvalue weighted by atomic mass is 35.5. The minimum Gasteiger partial charge on any atom is -0.359 e. The molecule has 0 fully saturated rings. The smallest absolute Gasteiger partial charge is 0.253 e. The molecular formula is C17H17ClN2O2. The average molecular weight is 317 g/mol. The summed E-state index contributed by atoms with van der Waals surface area (Å²) in [5.74, 6) is -0.448. The number of hydrogen-bond donors (Lipinski definition) is 2. The largest absolute Gasteiger partial charge is 0.359 e. The van der Waals surface area contributed by atoms with E-state index < -0.39 is 6.04 Å². The second kappa shape index (κ2) is 7.61. The Bertz CT molecular complexity index is 659. The van der Waals surface area contributed by atoms with Gasteiger partial charge in [-0.15, -0.1) is 0 Å². The van der Waals surface area contributed by atoms with Crippen molar-refractivity contribution in [1.29, 1.82) is 0 Å². The highest BCUT2D eigenvalue weighted by Crippen LogP contribution is 2.20. The topological polar surface area (TPSA) is 58.2 Å². The van der Waals surface area contributed by atoms with Gasteiger partial charge in [-0.05, 0) is 17.7 Å². The number of benzene rings is 2. The van der Waals surface area contributed by atoms with Crippen molar-refractivity contribution in [3.8, 4) is 0 Å². The van der Waals surface area contributed by atoms with E-state index in [1.165, 1.54) is 0 Å². The Morgan fingerprint density at radius 1 is 1.05 bits per heavy atom. The zero-order valence-corrected chi connectivity index (χ0v) is 12.9. The van der Waals surface area contributed by atoms with Gasteiger partial charge in [-0.25, -0.2) is 0 Å². The monoisotopic (exact) mass is 316 g/mol. The quantitative estimate of drug-likeness (QED) is 0.891. The van der Waals surface area contributed by atoms with Crippen molar-refractivity contribution in [2.75, 3.05) is 7.05 Å². The molecule has 0 unspecified atom stereocenters. The summed E-state index contributed by atoms with van der Waals surface area (Å²) in [6.45, 7) is 0. The molecule has 2 N–H and O–H groups in total. The van der Waals surface area contributed by atoms with Gasteiger partial charge in [-0.1, -0.05) is 54.1 Å². The summed E-state index contributed by atoms with van der Waals surface area (Å²) >= 11 is 6.04. The maximum absolute atomic E-state index is 12.4. The lowest BCUT2D eigenvalue weighted by atomic mass is 10.0. The van der Waals surface area contributed by atoms with Crippen molar-refractivity contribution in [3.63, 3.8) is 0 Å². The number of rotatable bonds is 5. The molecule has 22 heavy (non-hydrogen) atoms. The van der Waals surface area contributed by atoms with Crippen LogP contribution in [-0.2, 0) is 4.79 Å². The van der Waals surface area contributed by atoms with E-state index in [2.05, 4.69) is 10.6 Å². The van der Waals surface area contributed by atoms with Crippen molar-refractivity contribution in [2.45, 2.75) is 12.5 Å². The summed E-state index contributed by atoms with van der Waals surface area (Å²) < 4.78 is 0. The number of carbonyl (C=O) groups excluding carboxylic acids is 2. The van der Waals surface area contributed by atoms with Gasteiger partial charge in [0.25, 0.3) is 5.91 Å². The van der Waals surface area contributed by atoms with Gasteiger partial charge in [0.1, 0.15) is 0 Å². The van der Waals surface area contributed by atoms with Crippen LogP contribution in [0.15, 0.2) is 54.6 Å². The van der Waals surface area contributed by atoms with Gasteiger partial charge in [0, 0.05) is 7.05 Å². The van der Waals surface area contributed by atoms with E-state index in [-0.39, 0.29) is 18.2 Å². The third-order valence-corrected chi connectivity index (χ3v) is 3.62. The Morgan fingerprint density at radius 3 is 2.32 bits per heavy atom. The number of halogens is 1. The molecule has 0 saturated carbocycles. The summed E-state index contributed by atoms with van der Waals surface area (Å²) in [5, 5.41) is 5.83. The van der Waals surface area contributed by atoms with Gasteiger partial charge in [-0.3, -0.25) is 9.59 Å². The van der Waals surface area contributed by atoms with Crippen LogP contribution in [0, 0.1) is 0 Å². The Balaban J connectivity index is 2.21. The van der Waals surface area contributed by atoms with Gasteiger partial charge in [0.2, 0.25) is 5.91 Å². The van der Waals surface area contributed by atoms with E-state index in [1.54, 1.807) is 31.3 Å². The molecule has 0 aliphatic heterocycles. The minimum atomic E-state index is -0.412. The molecule has 114 valence electrons. The van der Waals surface area contributed by atoms with Crippen LogP contribution in [0.4, 0.5) is 0 Å². The zero-order valence-electron chi connectivity index (χ0n) is 12.2. The molecule has 0 bridgehead atoms. The Kier molecular flexibility index (Phi) is 5.55. The fourth-order valence-electron chi connectivity index (χ4n) is 2.11. The molecule has 0 radical (unpaired) electrons. The number of carbonyl (C=O) groups is 2. The predicted octanol–water partition coefficient (Wildman–Crippen LogP) is 2.95. The second-order valence-electron chi connectivity index (χ2n) is 4.79. The predicted molar refractivity (Wildman–Crippen MR) is 86.8 cm³/mol. The molecule has 0 aliphatic carbocycles. The first-order valence-electron chi connectivity index (χ1n) is 6.92. The maximum Gasteiger partial charge on any atom is 0.253 e. The molecule has 0 heterocycles. The first kappa shape index (κ1) is 16.0. The van der Waals surface area contributed by atoms with E-state index >= 15 is 0 Å². The van der Waals surface area contributed by atoms with Crippen molar-refractivity contribution in [2.24, 2.45) is 0 Å². The summed E-state index contributed by atoms with van der Waals surface area (Å²) in [4.78, 5) is 24.1. The van der Waals surface area contributed by atoms with Crippen LogP contribution in [0.1, 0.15) is 28.4 Å². The van der Waals surface area contributed by atoms with Gasteiger partial charge < -0.3 is 10.6 Å². The van der Waals surface area contributed by atoms with Crippen LogP contribution in [-0.4, -0.2) is 18.9 Å². The van der Waals surface area contributed by atoms with Crippen molar-refractivity contribution in [3.05, 3.63) is 70.7 Å². The molecular weight excluding hydrogens is 300 g/mol. The fourth-order valence-corrected chi connectivity index (χ4v) is 2.33. The Morgan fingerprint density at radius 2 is 1.68 bits per heavy atom. The van der Waals surface area contributed by atoms with Gasteiger partial charge in [-0.2, -0.15) is 0 Å². The van der Waals surface area contributed by atoms with Crippen LogP contribution in [0.25, 0.3) is 0 Å². The normalized spacial score (nSPS) is 11.5. The lowest BCUT2D eigenvalue weighted by molar-refractivity contribution is -0.121. The molecule has 0 spiro atoms. The van der Waals surface area contributed by atoms with E-state index in [0.717, 1.165) is 5.56 Å².